The zero-order valence-corrected chi connectivity index (χ0v) is 19.7. The van der Waals surface area contributed by atoms with E-state index in [2.05, 4.69) is 52.8 Å². The van der Waals surface area contributed by atoms with Crippen LogP contribution in [0.2, 0.25) is 0 Å². The monoisotopic (exact) mass is 461 g/mol. The first-order chi connectivity index (χ1) is 16.8. The van der Waals surface area contributed by atoms with Gasteiger partial charge in [-0.3, -0.25) is 4.90 Å². The van der Waals surface area contributed by atoms with Crippen molar-refractivity contribution < 1.29 is 4.74 Å². The first kappa shape index (κ1) is 21.4. The quantitative estimate of drug-likeness (QED) is 0.443. The van der Waals surface area contributed by atoms with Gasteiger partial charge >= 0.3 is 0 Å². The second-order valence-corrected chi connectivity index (χ2v) is 9.56. The van der Waals surface area contributed by atoms with E-state index in [-0.39, 0.29) is 6.04 Å². The normalized spacial score (nSPS) is 19.4. The number of methoxy groups -OCH3 is 1. The highest BCUT2D eigenvalue weighted by atomic mass is 16.5. The van der Waals surface area contributed by atoms with E-state index in [9.17, 15) is 0 Å². The number of hydrogen-bond donors (Lipinski definition) is 0. The zero-order chi connectivity index (χ0) is 22.9. The molecule has 10 nitrogen and oxygen atoms in total. The molecule has 1 aromatic carbocycles. The summed E-state index contributed by atoms with van der Waals surface area (Å²) >= 11 is 0. The number of ether oxygens (including phenoxy) is 1. The summed E-state index contributed by atoms with van der Waals surface area (Å²) in [6.45, 7) is 2.02. The van der Waals surface area contributed by atoms with Crippen molar-refractivity contribution in [3.05, 3.63) is 35.7 Å². The van der Waals surface area contributed by atoms with Crippen LogP contribution < -0.4 is 4.74 Å². The van der Waals surface area contributed by atoms with Crippen LogP contribution in [0.4, 0.5) is 0 Å². The van der Waals surface area contributed by atoms with E-state index in [1.165, 1.54) is 44.9 Å². The summed E-state index contributed by atoms with van der Waals surface area (Å²) in [4.78, 5) is 2.54. The van der Waals surface area contributed by atoms with Crippen molar-refractivity contribution in [1.82, 2.24) is 45.1 Å². The summed E-state index contributed by atoms with van der Waals surface area (Å²) in [6.07, 6.45) is 10.9. The molecule has 178 valence electrons. The Morgan fingerprint density at radius 1 is 0.882 bits per heavy atom. The minimum Gasteiger partial charge on any atom is -0.497 e. The van der Waals surface area contributed by atoms with E-state index in [1.807, 2.05) is 16.6 Å². The molecule has 4 aromatic rings. The van der Waals surface area contributed by atoms with Gasteiger partial charge in [-0.05, 0) is 77.8 Å². The van der Waals surface area contributed by atoms with Crippen LogP contribution in [-0.4, -0.2) is 65.3 Å². The van der Waals surface area contributed by atoms with Gasteiger partial charge in [-0.1, -0.05) is 32.1 Å². The summed E-state index contributed by atoms with van der Waals surface area (Å²) in [5.41, 5.74) is 2.72. The lowest BCUT2D eigenvalue weighted by molar-refractivity contribution is 0.212. The molecule has 1 saturated carbocycles. The number of hydrogen-bond acceptors (Lipinski definition) is 8. The molecule has 2 fully saturated rings. The number of benzene rings is 1. The van der Waals surface area contributed by atoms with Crippen LogP contribution >= 0.6 is 0 Å². The summed E-state index contributed by atoms with van der Waals surface area (Å²) in [5, 5.41) is 27.3. The van der Waals surface area contributed by atoms with E-state index >= 15 is 0 Å². The van der Waals surface area contributed by atoms with Gasteiger partial charge in [-0.15, -0.1) is 10.2 Å². The predicted octanol–water partition coefficient (Wildman–Crippen LogP) is 3.74. The van der Waals surface area contributed by atoms with E-state index in [4.69, 9.17) is 4.74 Å². The number of likely N-dealkylation sites (tertiary alicyclic amines) is 1. The Labute approximate surface area is 198 Å². The molecule has 34 heavy (non-hydrogen) atoms. The molecule has 0 N–H and O–H groups in total. The highest BCUT2D eigenvalue weighted by Gasteiger charge is 2.33. The fourth-order valence-electron chi connectivity index (χ4n) is 5.74. The van der Waals surface area contributed by atoms with Crippen molar-refractivity contribution >= 4 is 16.6 Å². The number of fused-ring (bicyclic) bond motifs is 3. The highest BCUT2D eigenvalue weighted by molar-refractivity contribution is 5.84. The molecule has 4 heterocycles. The van der Waals surface area contributed by atoms with Crippen molar-refractivity contribution in [1.29, 1.82) is 0 Å². The average Bonchev–Trinajstić information content (AvgIpc) is 3.50. The third-order valence-corrected chi connectivity index (χ3v) is 7.49. The first-order valence-electron chi connectivity index (χ1n) is 12.5. The molecule has 0 amide bonds. The van der Waals surface area contributed by atoms with Gasteiger partial charge in [-0.25, -0.2) is 4.68 Å². The lowest BCUT2D eigenvalue weighted by atomic mass is 9.95. The molecule has 1 atom stereocenters. The topological polar surface area (TPSA) is 99.2 Å². The lowest BCUT2D eigenvalue weighted by Crippen LogP contribution is -2.34. The summed E-state index contributed by atoms with van der Waals surface area (Å²) < 4.78 is 9.39. The fraction of sp³-hybridized carbons (Fsp3) is 0.583. The maximum absolute atomic E-state index is 5.46. The summed E-state index contributed by atoms with van der Waals surface area (Å²) in [5.74, 6) is 1.69. The van der Waals surface area contributed by atoms with Crippen LogP contribution in [0.3, 0.4) is 0 Å². The second-order valence-electron chi connectivity index (χ2n) is 9.56. The molecule has 10 heteroatoms. The third-order valence-electron chi connectivity index (χ3n) is 7.49. The van der Waals surface area contributed by atoms with E-state index < -0.39 is 0 Å². The zero-order valence-electron chi connectivity index (χ0n) is 19.7. The highest BCUT2D eigenvalue weighted by Crippen LogP contribution is 2.37. The van der Waals surface area contributed by atoms with Crippen molar-refractivity contribution in [3.8, 4) is 5.75 Å². The fourth-order valence-corrected chi connectivity index (χ4v) is 5.74. The molecular weight excluding hydrogens is 430 g/mol. The van der Waals surface area contributed by atoms with Crippen molar-refractivity contribution in [2.24, 2.45) is 0 Å². The van der Waals surface area contributed by atoms with Gasteiger partial charge in [0.05, 0.1) is 18.7 Å². The summed E-state index contributed by atoms with van der Waals surface area (Å²) in [6, 6.07) is 8.50. The molecule has 0 unspecified atom stereocenters. The van der Waals surface area contributed by atoms with Crippen molar-refractivity contribution in [2.45, 2.75) is 69.9 Å². The molecule has 0 radical (unpaired) electrons. The lowest BCUT2D eigenvalue weighted by Gasteiger charge is -2.32. The van der Waals surface area contributed by atoms with Crippen LogP contribution in [-0.2, 0) is 0 Å². The second kappa shape index (κ2) is 9.25. The molecule has 1 aliphatic heterocycles. The maximum atomic E-state index is 5.46. The average molecular weight is 462 g/mol. The van der Waals surface area contributed by atoms with Crippen LogP contribution in [0.5, 0.6) is 5.75 Å². The molecule has 0 spiro atoms. The Hall–Kier alpha value is -3.14. The molecule has 1 saturated heterocycles. The van der Waals surface area contributed by atoms with Gasteiger partial charge in [0.1, 0.15) is 11.8 Å². The Morgan fingerprint density at radius 3 is 2.44 bits per heavy atom. The molecule has 2 aliphatic rings. The van der Waals surface area contributed by atoms with Gasteiger partial charge in [0, 0.05) is 17.0 Å². The van der Waals surface area contributed by atoms with Gasteiger partial charge in [0.2, 0.25) is 0 Å². The molecule has 1 aliphatic carbocycles. The van der Waals surface area contributed by atoms with Gasteiger partial charge in [0.25, 0.3) is 0 Å². The van der Waals surface area contributed by atoms with Crippen LogP contribution in [0, 0.1) is 0 Å². The predicted molar refractivity (Wildman–Crippen MR) is 127 cm³/mol. The number of aromatic nitrogens is 8. The van der Waals surface area contributed by atoms with Gasteiger partial charge in [0.15, 0.2) is 11.5 Å². The van der Waals surface area contributed by atoms with Crippen LogP contribution in [0.1, 0.15) is 81.3 Å². The largest absolute Gasteiger partial charge is 0.497 e. The standard InChI is InChI=1S/C24H31N9O/c1-34-19-12-11-17-15-20(23-25-27-30-33(23)21(17)16-19)22(31-13-7-2-3-8-14-31)24-26-28-29-32(24)18-9-5-4-6-10-18/h11-12,15-16,18,22H,2-10,13-14H2,1H3/t22-/m1/s1. The first-order valence-corrected chi connectivity index (χ1v) is 12.5. The molecule has 3 aromatic heterocycles. The maximum Gasteiger partial charge on any atom is 0.185 e. The summed E-state index contributed by atoms with van der Waals surface area (Å²) in [7, 11) is 1.67. The minimum atomic E-state index is -0.102. The van der Waals surface area contributed by atoms with Crippen molar-refractivity contribution in [2.75, 3.05) is 20.2 Å². The molecular formula is C24H31N9O. The number of rotatable bonds is 5. The Kier molecular flexibility index (Phi) is 5.82. The number of nitrogens with zero attached hydrogens (tertiary/aromatic N) is 9. The molecule has 0 bridgehead atoms. The van der Waals surface area contributed by atoms with Crippen molar-refractivity contribution in [3.63, 3.8) is 0 Å². The Morgan fingerprint density at radius 2 is 1.65 bits per heavy atom. The van der Waals surface area contributed by atoms with Crippen LogP contribution in [0.25, 0.3) is 16.6 Å². The number of pyridine rings is 1. The third kappa shape index (κ3) is 3.79. The Balaban J connectivity index is 1.54. The van der Waals surface area contributed by atoms with Gasteiger partial charge in [-0.2, -0.15) is 4.52 Å². The van der Waals surface area contributed by atoms with Crippen LogP contribution in [0.15, 0.2) is 24.3 Å². The SMILES string of the molecule is COc1ccc2cc([C@H](c3nnnn3C3CCCCC3)N3CCCCCC3)c3nnnn3c2c1. The Bertz CT molecular complexity index is 1270. The minimum absolute atomic E-state index is 0.102. The molecule has 6 rings (SSSR count). The van der Waals surface area contributed by atoms with E-state index in [0.29, 0.717) is 6.04 Å². The van der Waals surface area contributed by atoms with Gasteiger partial charge < -0.3 is 4.74 Å². The van der Waals surface area contributed by atoms with E-state index in [1.54, 1.807) is 7.11 Å². The number of tetrazole rings is 2. The smallest absolute Gasteiger partial charge is 0.185 e. The van der Waals surface area contributed by atoms with E-state index in [0.717, 1.165) is 59.6 Å².